The fraction of sp³-hybridized carbons (Fsp3) is 0.571. The van der Waals surface area contributed by atoms with Gasteiger partial charge < -0.3 is 10.1 Å². The Hall–Kier alpha value is -0.620. The molecule has 0 radical (unpaired) electrons. The smallest absolute Gasteiger partial charge is 0.185 e. The van der Waals surface area contributed by atoms with Crippen LogP contribution in [0.5, 0.6) is 0 Å². The van der Waals surface area contributed by atoms with E-state index < -0.39 is 15.1 Å². The molecule has 2 rings (SSSR count). The van der Waals surface area contributed by atoms with Crippen LogP contribution < -0.4 is 5.32 Å². The topological polar surface area (TPSA) is 55.4 Å². The normalized spacial score (nSPS) is 23.7. The summed E-state index contributed by atoms with van der Waals surface area (Å²) in [6.45, 7) is 3.71. The van der Waals surface area contributed by atoms with E-state index >= 15 is 0 Å². The van der Waals surface area contributed by atoms with Crippen LogP contribution in [0.15, 0.2) is 29.2 Å². The van der Waals surface area contributed by atoms with Crippen LogP contribution in [0.1, 0.15) is 19.8 Å². The zero-order valence-electron chi connectivity index (χ0n) is 11.5. The quantitative estimate of drug-likeness (QED) is 0.905. The fourth-order valence-corrected chi connectivity index (χ4v) is 4.50. The Balaban J connectivity index is 2.26. The Labute approximate surface area is 125 Å². The van der Waals surface area contributed by atoms with Gasteiger partial charge in [-0.3, -0.25) is 0 Å². The van der Waals surface area contributed by atoms with Gasteiger partial charge in [0.2, 0.25) is 0 Å². The Morgan fingerprint density at radius 1 is 1.45 bits per heavy atom. The molecule has 112 valence electrons. The maximum Gasteiger partial charge on any atom is 0.185 e. The predicted molar refractivity (Wildman–Crippen MR) is 79.9 cm³/mol. The van der Waals surface area contributed by atoms with E-state index in [1.807, 2.05) is 0 Å². The van der Waals surface area contributed by atoms with E-state index in [1.54, 1.807) is 18.2 Å². The first-order valence-electron chi connectivity index (χ1n) is 6.86. The maximum atomic E-state index is 12.7. The van der Waals surface area contributed by atoms with Crippen molar-refractivity contribution in [2.75, 3.05) is 19.8 Å². The van der Waals surface area contributed by atoms with Crippen LogP contribution >= 0.6 is 11.6 Å². The first-order chi connectivity index (χ1) is 9.55. The first-order valence-corrected chi connectivity index (χ1v) is 8.78. The Morgan fingerprint density at radius 2 is 2.25 bits per heavy atom. The summed E-state index contributed by atoms with van der Waals surface area (Å²) in [5.41, 5.74) is 0. The SMILES string of the molecule is CCCNC1CCOCC1S(=O)(=O)c1cccc(Cl)c1. The van der Waals surface area contributed by atoms with Crippen molar-refractivity contribution in [2.45, 2.75) is 36.0 Å². The van der Waals surface area contributed by atoms with Crippen LogP contribution in [0.3, 0.4) is 0 Å². The van der Waals surface area contributed by atoms with Crippen molar-refractivity contribution >= 4 is 21.4 Å². The fourth-order valence-electron chi connectivity index (χ4n) is 2.40. The van der Waals surface area contributed by atoms with E-state index in [4.69, 9.17) is 16.3 Å². The zero-order chi connectivity index (χ0) is 14.6. The molecule has 0 aliphatic carbocycles. The average Bonchev–Trinajstić information content (AvgIpc) is 2.45. The molecule has 1 fully saturated rings. The molecule has 0 amide bonds. The van der Waals surface area contributed by atoms with E-state index in [-0.39, 0.29) is 17.5 Å². The lowest BCUT2D eigenvalue weighted by atomic mass is 10.1. The molecular weight excluding hydrogens is 298 g/mol. The van der Waals surface area contributed by atoms with Crippen molar-refractivity contribution < 1.29 is 13.2 Å². The molecule has 1 aromatic rings. The zero-order valence-corrected chi connectivity index (χ0v) is 13.1. The van der Waals surface area contributed by atoms with Gasteiger partial charge in [0, 0.05) is 17.7 Å². The number of nitrogens with one attached hydrogen (secondary N) is 1. The number of ether oxygens (including phenoxy) is 1. The first kappa shape index (κ1) is 15.8. The second-order valence-corrected chi connectivity index (χ2v) is 7.57. The van der Waals surface area contributed by atoms with Crippen molar-refractivity contribution in [3.63, 3.8) is 0 Å². The molecule has 0 spiro atoms. The third-order valence-electron chi connectivity index (χ3n) is 3.48. The van der Waals surface area contributed by atoms with Gasteiger partial charge in [0.25, 0.3) is 0 Å². The highest BCUT2D eigenvalue weighted by molar-refractivity contribution is 7.92. The van der Waals surface area contributed by atoms with Crippen molar-refractivity contribution in [1.29, 1.82) is 0 Å². The number of rotatable bonds is 5. The summed E-state index contributed by atoms with van der Waals surface area (Å²) in [5.74, 6) is 0. The van der Waals surface area contributed by atoms with Gasteiger partial charge in [0.15, 0.2) is 9.84 Å². The molecule has 0 bridgehead atoms. The van der Waals surface area contributed by atoms with Crippen LogP contribution in [-0.4, -0.2) is 39.5 Å². The summed E-state index contributed by atoms with van der Waals surface area (Å²) in [4.78, 5) is 0.267. The highest BCUT2D eigenvalue weighted by atomic mass is 35.5. The van der Waals surface area contributed by atoms with Gasteiger partial charge in [-0.05, 0) is 37.6 Å². The number of benzene rings is 1. The van der Waals surface area contributed by atoms with Crippen molar-refractivity contribution in [2.24, 2.45) is 0 Å². The molecule has 1 aliphatic heterocycles. The lowest BCUT2D eigenvalue weighted by Gasteiger charge is -2.32. The summed E-state index contributed by atoms with van der Waals surface area (Å²) in [6.07, 6.45) is 1.69. The summed E-state index contributed by atoms with van der Waals surface area (Å²) >= 11 is 5.90. The summed E-state index contributed by atoms with van der Waals surface area (Å²) < 4.78 is 30.8. The largest absolute Gasteiger partial charge is 0.380 e. The molecule has 1 N–H and O–H groups in total. The number of halogens is 1. The second-order valence-electron chi connectivity index (χ2n) is 4.97. The Bertz CT molecular complexity index is 547. The van der Waals surface area contributed by atoms with Gasteiger partial charge in [-0.1, -0.05) is 24.6 Å². The van der Waals surface area contributed by atoms with Gasteiger partial charge >= 0.3 is 0 Å². The third-order valence-corrected chi connectivity index (χ3v) is 5.89. The number of hydrogen-bond donors (Lipinski definition) is 1. The lowest BCUT2D eigenvalue weighted by molar-refractivity contribution is 0.0808. The standard InChI is InChI=1S/C14H20ClNO3S/c1-2-7-16-13-6-8-19-10-14(13)20(17,18)12-5-3-4-11(15)9-12/h3-5,9,13-14,16H,2,6-8,10H2,1H3. The van der Waals surface area contributed by atoms with E-state index in [0.717, 1.165) is 13.0 Å². The van der Waals surface area contributed by atoms with Gasteiger partial charge in [0.1, 0.15) is 5.25 Å². The maximum absolute atomic E-state index is 12.7. The monoisotopic (exact) mass is 317 g/mol. The summed E-state index contributed by atoms with van der Waals surface area (Å²) in [7, 11) is -3.44. The molecule has 1 aliphatic rings. The molecule has 4 nitrogen and oxygen atoms in total. The van der Waals surface area contributed by atoms with Crippen LogP contribution in [0, 0.1) is 0 Å². The lowest BCUT2D eigenvalue weighted by Crippen LogP contribution is -2.50. The number of hydrogen-bond acceptors (Lipinski definition) is 4. The summed E-state index contributed by atoms with van der Waals surface area (Å²) in [6, 6.07) is 6.36. The minimum Gasteiger partial charge on any atom is -0.380 e. The van der Waals surface area contributed by atoms with Crippen LogP contribution in [0.4, 0.5) is 0 Å². The van der Waals surface area contributed by atoms with Crippen molar-refractivity contribution in [3.8, 4) is 0 Å². The third kappa shape index (κ3) is 3.52. The minimum absolute atomic E-state index is 0.0623. The van der Waals surface area contributed by atoms with Gasteiger partial charge in [0.05, 0.1) is 11.5 Å². The highest BCUT2D eigenvalue weighted by Crippen LogP contribution is 2.25. The molecular formula is C14H20ClNO3S. The minimum atomic E-state index is -3.44. The van der Waals surface area contributed by atoms with Gasteiger partial charge in [-0.15, -0.1) is 0 Å². The highest BCUT2D eigenvalue weighted by Gasteiger charge is 2.37. The van der Waals surface area contributed by atoms with Gasteiger partial charge in [-0.25, -0.2) is 8.42 Å². The van der Waals surface area contributed by atoms with Crippen LogP contribution in [-0.2, 0) is 14.6 Å². The van der Waals surface area contributed by atoms with Gasteiger partial charge in [-0.2, -0.15) is 0 Å². The van der Waals surface area contributed by atoms with E-state index in [2.05, 4.69) is 12.2 Å². The molecule has 2 atom stereocenters. The molecule has 6 heteroatoms. The average molecular weight is 318 g/mol. The molecule has 0 saturated carbocycles. The van der Waals surface area contributed by atoms with Crippen molar-refractivity contribution in [3.05, 3.63) is 29.3 Å². The molecule has 1 aromatic carbocycles. The Kier molecular flexibility index (Phi) is 5.43. The summed E-state index contributed by atoms with van der Waals surface area (Å²) in [5, 5.41) is 3.20. The molecule has 20 heavy (non-hydrogen) atoms. The molecule has 1 heterocycles. The van der Waals surface area contributed by atoms with E-state index in [1.165, 1.54) is 6.07 Å². The van der Waals surface area contributed by atoms with Crippen LogP contribution in [0.25, 0.3) is 0 Å². The van der Waals surface area contributed by atoms with Crippen LogP contribution in [0.2, 0.25) is 5.02 Å². The predicted octanol–water partition coefficient (Wildman–Crippen LogP) is 2.27. The van der Waals surface area contributed by atoms with Crippen molar-refractivity contribution in [1.82, 2.24) is 5.32 Å². The second kappa shape index (κ2) is 6.89. The molecule has 2 unspecified atom stereocenters. The molecule has 1 saturated heterocycles. The Morgan fingerprint density at radius 3 is 2.95 bits per heavy atom. The van der Waals surface area contributed by atoms with E-state index in [0.29, 0.717) is 18.1 Å². The number of sulfone groups is 1. The van der Waals surface area contributed by atoms with E-state index in [9.17, 15) is 8.42 Å². The molecule has 0 aromatic heterocycles.